The third-order valence-electron chi connectivity index (χ3n) is 4.70. The van der Waals surface area contributed by atoms with Crippen LogP contribution in [0.4, 0.5) is 11.8 Å². The summed E-state index contributed by atoms with van der Waals surface area (Å²) >= 11 is 0. The number of hydrogen-bond acceptors (Lipinski definition) is 5. The molecule has 0 bridgehead atoms. The van der Waals surface area contributed by atoms with Crippen LogP contribution in [0.3, 0.4) is 0 Å². The number of aromatic nitrogens is 2. The standard InChI is InChI=1S/C14H22N4O/c1-19-11-4-2-6-14(11)7-3-9-18(10-14)12-5-8-16-13(15)17-12/h5,8,11H,2-4,6-7,9-10H2,1H3,(H2,15,16,17)/t11-,14+/m1/s1. The van der Waals surface area contributed by atoms with E-state index in [0.29, 0.717) is 17.5 Å². The minimum atomic E-state index is 0.312. The summed E-state index contributed by atoms with van der Waals surface area (Å²) in [5.41, 5.74) is 6.00. The summed E-state index contributed by atoms with van der Waals surface area (Å²) in [6.45, 7) is 2.08. The van der Waals surface area contributed by atoms with Crippen molar-refractivity contribution in [2.24, 2.45) is 5.41 Å². The number of nitrogens with two attached hydrogens (primary N) is 1. The van der Waals surface area contributed by atoms with Crippen LogP contribution in [0.1, 0.15) is 32.1 Å². The number of rotatable bonds is 2. The molecule has 2 atom stereocenters. The zero-order valence-electron chi connectivity index (χ0n) is 11.5. The number of methoxy groups -OCH3 is 1. The molecule has 0 radical (unpaired) electrons. The van der Waals surface area contributed by atoms with Crippen molar-refractivity contribution in [2.75, 3.05) is 30.8 Å². The van der Waals surface area contributed by atoms with Gasteiger partial charge in [-0.15, -0.1) is 0 Å². The minimum absolute atomic E-state index is 0.312. The van der Waals surface area contributed by atoms with Gasteiger partial charge in [-0.2, -0.15) is 4.98 Å². The fourth-order valence-electron chi connectivity index (χ4n) is 3.84. The van der Waals surface area contributed by atoms with Crippen molar-refractivity contribution in [1.29, 1.82) is 0 Å². The summed E-state index contributed by atoms with van der Waals surface area (Å²) in [6.07, 6.45) is 8.33. The van der Waals surface area contributed by atoms with Gasteiger partial charge in [-0.05, 0) is 31.7 Å². The highest BCUT2D eigenvalue weighted by Gasteiger charge is 2.46. The van der Waals surface area contributed by atoms with Gasteiger partial charge in [0.25, 0.3) is 0 Å². The van der Waals surface area contributed by atoms with Crippen molar-refractivity contribution in [3.63, 3.8) is 0 Å². The Bertz CT molecular complexity index is 453. The molecule has 3 rings (SSSR count). The number of hydrogen-bond donors (Lipinski definition) is 1. The lowest BCUT2D eigenvalue weighted by molar-refractivity contribution is 0.00216. The van der Waals surface area contributed by atoms with Gasteiger partial charge < -0.3 is 15.4 Å². The number of piperidine rings is 1. The molecule has 1 aliphatic heterocycles. The predicted molar refractivity (Wildman–Crippen MR) is 75.0 cm³/mol. The van der Waals surface area contributed by atoms with Gasteiger partial charge in [0.05, 0.1) is 6.10 Å². The maximum atomic E-state index is 5.73. The molecular formula is C14H22N4O. The summed E-state index contributed by atoms with van der Waals surface area (Å²) < 4.78 is 5.73. The number of nitrogen functional groups attached to an aromatic ring is 1. The Labute approximate surface area is 114 Å². The molecule has 2 aliphatic rings. The molecule has 0 unspecified atom stereocenters. The number of nitrogens with zero attached hydrogens (tertiary/aromatic N) is 3. The Morgan fingerprint density at radius 1 is 1.42 bits per heavy atom. The first-order valence-electron chi connectivity index (χ1n) is 7.10. The van der Waals surface area contributed by atoms with Gasteiger partial charge in [-0.3, -0.25) is 0 Å². The first kappa shape index (κ1) is 12.7. The molecule has 1 aliphatic carbocycles. The minimum Gasteiger partial charge on any atom is -0.381 e. The van der Waals surface area contributed by atoms with Crippen molar-refractivity contribution < 1.29 is 4.74 Å². The van der Waals surface area contributed by atoms with Crippen molar-refractivity contribution >= 4 is 11.8 Å². The van der Waals surface area contributed by atoms with E-state index in [0.717, 1.165) is 18.9 Å². The highest BCUT2D eigenvalue weighted by atomic mass is 16.5. The second-order valence-electron chi connectivity index (χ2n) is 5.78. The third kappa shape index (κ3) is 2.27. The quantitative estimate of drug-likeness (QED) is 0.881. The lowest BCUT2D eigenvalue weighted by atomic mass is 9.76. The predicted octanol–water partition coefficient (Wildman–Crippen LogP) is 1.84. The van der Waals surface area contributed by atoms with Gasteiger partial charge in [0.2, 0.25) is 5.95 Å². The van der Waals surface area contributed by atoms with Crippen molar-refractivity contribution in [2.45, 2.75) is 38.2 Å². The van der Waals surface area contributed by atoms with Gasteiger partial charge >= 0.3 is 0 Å². The van der Waals surface area contributed by atoms with Crippen LogP contribution in [0.2, 0.25) is 0 Å². The highest BCUT2D eigenvalue weighted by molar-refractivity contribution is 5.42. The van der Waals surface area contributed by atoms with Gasteiger partial charge in [0.1, 0.15) is 5.82 Å². The van der Waals surface area contributed by atoms with Crippen molar-refractivity contribution in [3.05, 3.63) is 12.3 Å². The zero-order valence-corrected chi connectivity index (χ0v) is 11.5. The molecule has 104 valence electrons. The smallest absolute Gasteiger partial charge is 0.221 e. The average Bonchev–Trinajstić information content (AvgIpc) is 2.81. The van der Waals surface area contributed by atoms with E-state index in [2.05, 4.69) is 14.9 Å². The largest absolute Gasteiger partial charge is 0.381 e. The fraction of sp³-hybridized carbons (Fsp3) is 0.714. The SMILES string of the molecule is CO[C@@H]1CCC[C@@]12CCCN(c1ccnc(N)n1)C2. The van der Waals surface area contributed by atoms with Crippen LogP contribution in [-0.4, -0.2) is 36.3 Å². The average molecular weight is 262 g/mol. The Hall–Kier alpha value is -1.36. The second-order valence-corrected chi connectivity index (χ2v) is 5.78. The first-order chi connectivity index (χ1) is 9.23. The molecule has 19 heavy (non-hydrogen) atoms. The Balaban J connectivity index is 1.81. The second kappa shape index (κ2) is 4.96. The monoisotopic (exact) mass is 262 g/mol. The first-order valence-corrected chi connectivity index (χ1v) is 7.10. The zero-order chi connectivity index (χ0) is 13.3. The van der Waals surface area contributed by atoms with Crippen LogP contribution < -0.4 is 10.6 Å². The van der Waals surface area contributed by atoms with Crippen LogP contribution in [0.25, 0.3) is 0 Å². The molecule has 1 saturated heterocycles. The molecule has 1 spiro atoms. The van der Waals surface area contributed by atoms with Gasteiger partial charge in [0.15, 0.2) is 0 Å². The molecule has 0 amide bonds. The Morgan fingerprint density at radius 3 is 3.05 bits per heavy atom. The van der Waals surface area contributed by atoms with E-state index >= 15 is 0 Å². The van der Waals surface area contributed by atoms with E-state index in [1.54, 1.807) is 6.20 Å². The van der Waals surface area contributed by atoms with E-state index in [1.807, 2.05) is 13.2 Å². The molecule has 1 saturated carbocycles. The summed E-state index contributed by atoms with van der Waals surface area (Å²) in [5, 5.41) is 0. The third-order valence-corrected chi connectivity index (χ3v) is 4.70. The molecule has 2 heterocycles. The van der Waals surface area contributed by atoms with E-state index in [4.69, 9.17) is 10.5 Å². The lowest BCUT2D eigenvalue weighted by Gasteiger charge is -2.44. The molecule has 5 heteroatoms. The normalized spacial score (nSPS) is 31.0. The van der Waals surface area contributed by atoms with E-state index < -0.39 is 0 Å². The van der Waals surface area contributed by atoms with Gasteiger partial charge in [-0.1, -0.05) is 6.42 Å². The van der Waals surface area contributed by atoms with Crippen LogP contribution in [0.15, 0.2) is 12.3 Å². The maximum Gasteiger partial charge on any atom is 0.221 e. The van der Waals surface area contributed by atoms with E-state index in [1.165, 1.54) is 32.1 Å². The summed E-state index contributed by atoms with van der Waals surface area (Å²) in [7, 11) is 1.85. The van der Waals surface area contributed by atoms with Crippen LogP contribution in [0, 0.1) is 5.41 Å². The molecule has 1 aromatic heterocycles. The van der Waals surface area contributed by atoms with Crippen molar-refractivity contribution in [3.8, 4) is 0 Å². The molecular weight excluding hydrogens is 240 g/mol. The number of ether oxygens (including phenoxy) is 1. The summed E-state index contributed by atoms with van der Waals surface area (Å²) in [6, 6.07) is 1.95. The van der Waals surface area contributed by atoms with Gasteiger partial charge in [0, 0.05) is 31.8 Å². The Morgan fingerprint density at radius 2 is 2.26 bits per heavy atom. The molecule has 0 aromatic carbocycles. The topological polar surface area (TPSA) is 64.3 Å². The number of anilines is 2. The van der Waals surface area contributed by atoms with Crippen LogP contribution >= 0.6 is 0 Å². The molecule has 2 N–H and O–H groups in total. The van der Waals surface area contributed by atoms with Crippen molar-refractivity contribution in [1.82, 2.24) is 9.97 Å². The van der Waals surface area contributed by atoms with Crippen LogP contribution in [-0.2, 0) is 4.74 Å². The van der Waals surface area contributed by atoms with E-state index in [-0.39, 0.29) is 0 Å². The molecule has 5 nitrogen and oxygen atoms in total. The fourth-order valence-corrected chi connectivity index (χ4v) is 3.84. The maximum absolute atomic E-state index is 5.73. The highest BCUT2D eigenvalue weighted by Crippen LogP contribution is 2.46. The lowest BCUT2D eigenvalue weighted by Crippen LogP contribution is -2.48. The summed E-state index contributed by atoms with van der Waals surface area (Å²) in [4.78, 5) is 10.7. The molecule has 1 aromatic rings. The summed E-state index contributed by atoms with van der Waals surface area (Å²) in [5.74, 6) is 1.31. The van der Waals surface area contributed by atoms with E-state index in [9.17, 15) is 0 Å². The molecule has 2 fully saturated rings. The Kier molecular flexibility index (Phi) is 3.31. The van der Waals surface area contributed by atoms with Crippen LogP contribution in [0.5, 0.6) is 0 Å². The van der Waals surface area contributed by atoms with Gasteiger partial charge in [-0.25, -0.2) is 4.98 Å².